The van der Waals surface area contributed by atoms with Crippen LogP contribution in [0.2, 0.25) is 0 Å². The maximum absolute atomic E-state index is 5.45. The Morgan fingerprint density at radius 1 is 1.19 bits per heavy atom. The number of hydrogen-bond donors (Lipinski definition) is 0. The molecule has 0 fully saturated rings. The molecule has 1 aromatic carbocycles. The van der Waals surface area contributed by atoms with Crippen LogP contribution in [0.4, 0.5) is 0 Å². The number of pyridine rings is 1. The van der Waals surface area contributed by atoms with E-state index in [1.165, 1.54) is 27.7 Å². The van der Waals surface area contributed by atoms with Gasteiger partial charge in [0.25, 0.3) is 0 Å². The van der Waals surface area contributed by atoms with Crippen LogP contribution in [0.3, 0.4) is 0 Å². The first kappa shape index (κ1) is 20.6. The molecule has 140 valence electrons. The van der Waals surface area contributed by atoms with Crippen molar-refractivity contribution in [1.29, 1.82) is 0 Å². The second kappa shape index (κ2) is 8.76. The Bertz CT molecular complexity index is 864. The van der Waals surface area contributed by atoms with Crippen molar-refractivity contribution in [3.05, 3.63) is 59.5 Å². The van der Waals surface area contributed by atoms with Gasteiger partial charge in [-0.05, 0) is 48.9 Å². The molecule has 4 nitrogen and oxygen atoms in total. The Morgan fingerprint density at radius 3 is 2.77 bits per heavy atom. The number of nitrogens with zero attached hydrogens (tertiary/aromatic N) is 3. The summed E-state index contributed by atoms with van der Waals surface area (Å²) in [6.07, 6.45) is 5.91. The fraction of sp³-hybridized carbons (Fsp3) is 0.350. The summed E-state index contributed by atoms with van der Waals surface area (Å²) in [7, 11) is 3.93. The molecule has 0 saturated heterocycles. The van der Waals surface area contributed by atoms with Gasteiger partial charge in [0.05, 0.1) is 7.11 Å². The number of hydrogen-bond acceptors (Lipinski definition) is 3. The summed E-state index contributed by atoms with van der Waals surface area (Å²) >= 11 is 0. The molecule has 0 radical (unpaired) electrons. The summed E-state index contributed by atoms with van der Waals surface area (Å²) in [5, 5.41) is 1.34. The fourth-order valence-corrected chi connectivity index (χ4v) is 3.73. The first-order valence-corrected chi connectivity index (χ1v) is 8.51. The molecule has 2 aromatic heterocycles. The van der Waals surface area contributed by atoms with Crippen LogP contribution >= 0.6 is 24.8 Å². The van der Waals surface area contributed by atoms with Gasteiger partial charge in [-0.2, -0.15) is 0 Å². The summed E-state index contributed by atoms with van der Waals surface area (Å²) in [5.74, 6) is 0.933. The van der Waals surface area contributed by atoms with Crippen LogP contribution in [-0.4, -0.2) is 35.2 Å². The van der Waals surface area contributed by atoms with E-state index in [2.05, 4.69) is 45.8 Å². The number of ether oxygens (including phenoxy) is 1. The monoisotopic (exact) mass is 393 g/mol. The summed E-state index contributed by atoms with van der Waals surface area (Å²) in [6.45, 7) is 3.12. The highest BCUT2D eigenvalue weighted by atomic mass is 35.5. The zero-order chi connectivity index (χ0) is 16.5. The van der Waals surface area contributed by atoms with Gasteiger partial charge in [0.15, 0.2) is 0 Å². The second-order valence-corrected chi connectivity index (χ2v) is 6.56. The quantitative estimate of drug-likeness (QED) is 0.667. The third kappa shape index (κ3) is 3.83. The predicted molar refractivity (Wildman–Crippen MR) is 111 cm³/mol. The van der Waals surface area contributed by atoms with E-state index in [0.29, 0.717) is 0 Å². The fourth-order valence-electron chi connectivity index (χ4n) is 3.73. The highest BCUT2D eigenvalue weighted by Crippen LogP contribution is 2.33. The average Bonchev–Trinajstić information content (AvgIpc) is 2.93. The number of methoxy groups -OCH3 is 1. The van der Waals surface area contributed by atoms with Crippen molar-refractivity contribution < 1.29 is 4.74 Å². The number of fused-ring (bicyclic) bond motifs is 3. The van der Waals surface area contributed by atoms with Crippen molar-refractivity contribution in [1.82, 2.24) is 14.5 Å². The van der Waals surface area contributed by atoms with E-state index in [0.717, 1.165) is 38.2 Å². The molecule has 0 N–H and O–H groups in total. The lowest BCUT2D eigenvalue weighted by atomic mass is 10.0. The topological polar surface area (TPSA) is 30.3 Å². The Balaban J connectivity index is 0.00000121. The lowest BCUT2D eigenvalue weighted by Crippen LogP contribution is -2.27. The van der Waals surface area contributed by atoms with Crippen LogP contribution in [-0.2, 0) is 25.9 Å². The molecule has 1 aliphatic heterocycles. The van der Waals surface area contributed by atoms with Crippen molar-refractivity contribution >= 4 is 35.7 Å². The van der Waals surface area contributed by atoms with Gasteiger partial charge in [0, 0.05) is 55.0 Å². The van der Waals surface area contributed by atoms with Gasteiger partial charge < -0.3 is 14.2 Å². The molecule has 0 aliphatic carbocycles. The minimum absolute atomic E-state index is 0. The van der Waals surface area contributed by atoms with Crippen LogP contribution in [0.25, 0.3) is 10.9 Å². The molecule has 6 heteroatoms. The van der Waals surface area contributed by atoms with E-state index in [1.54, 1.807) is 7.11 Å². The molecule has 0 spiro atoms. The molecule has 0 amide bonds. The third-order valence-corrected chi connectivity index (χ3v) is 5.00. The van der Waals surface area contributed by atoms with E-state index >= 15 is 0 Å². The predicted octanol–water partition coefficient (Wildman–Crippen LogP) is 4.12. The molecular weight excluding hydrogens is 369 g/mol. The minimum atomic E-state index is 0. The van der Waals surface area contributed by atoms with Crippen LogP contribution in [0.15, 0.2) is 42.7 Å². The van der Waals surface area contributed by atoms with Crippen molar-refractivity contribution in [3.63, 3.8) is 0 Å². The first-order chi connectivity index (χ1) is 11.8. The zero-order valence-corrected chi connectivity index (χ0v) is 16.8. The molecule has 4 rings (SSSR count). The number of aromatic nitrogens is 2. The van der Waals surface area contributed by atoms with Gasteiger partial charge in [0.1, 0.15) is 5.75 Å². The zero-order valence-electron chi connectivity index (χ0n) is 15.1. The molecule has 0 atom stereocenters. The number of aryl methyl sites for hydroxylation is 2. The van der Waals surface area contributed by atoms with Crippen molar-refractivity contribution in [3.8, 4) is 5.75 Å². The summed E-state index contributed by atoms with van der Waals surface area (Å²) < 4.78 is 7.95. The molecular formula is C20H25Cl2N3O. The summed E-state index contributed by atoms with van der Waals surface area (Å²) in [4.78, 5) is 6.63. The van der Waals surface area contributed by atoms with E-state index < -0.39 is 0 Å². The first-order valence-electron chi connectivity index (χ1n) is 8.51. The van der Waals surface area contributed by atoms with Gasteiger partial charge in [-0.25, -0.2) is 0 Å². The lowest BCUT2D eigenvalue weighted by molar-refractivity contribution is 0.309. The van der Waals surface area contributed by atoms with E-state index in [9.17, 15) is 0 Å². The number of likely N-dealkylation sites (N-methyl/N-ethyl adjacent to an activating group) is 1. The summed E-state index contributed by atoms with van der Waals surface area (Å²) in [6, 6.07) is 10.6. The maximum Gasteiger partial charge on any atom is 0.119 e. The standard InChI is InChI=1S/C20H23N3O.2ClH/c1-22-10-8-20-18(14-22)17-12-16(24-2)5-6-19(17)23(20)11-7-15-4-3-9-21-13-15;;/h3-6,9,12-13H,7-8,10-11,14H2,1-2H3;2*1H. The van der Waals surface area contributed by atoms with Crippen LogP contribution < -0.4 is 4.74 Å². The highest BCUT2D eigenvalue weighted by molar-refractivity contribution is 5.87. The molecule has 3 heterocycles. The average molecular weight is 394 g/mol. The normalized spacial score (nSPS) is 13.6. The summed E-state index contributed by atoms with van der Waals surface area (Å²) in [5.41, 5.74) is 5.55. The van der Waals surface area contributed by atoms with Crippen molar-refractivity contribution in [2.24, 2.45) is 0 Å². The van der Waals surface area contributed by atoms with Crippen LogP contribution in [0.5, 0.6) is 5.75 Å². The minimum Gasteiger partial charge on any atom is -0.497 e. The van der Waals surface area contributed by atoms with Crippen LogP contribution in [0.1, 0.15) is 16.8 Å². The largest absolute Gasteiger partial charge is 0.497 e. The highest BCUT2D eigenvalue weighted by Gasteiger charge is 2.22. The lowest BCUT2D eigenvalue weighted by Gasteiger charge is -2.24. The Kier molecular flexibility index (Phi) is 6.93. The third-order valence-electron chi connectivity index (χ3n) is 5.00. The van der Waals surface area contributed by atoms with Gasteiger partial charge >= 0.3 is 0 Å². The number of benzene rings is 1. The SMILES string of the molecule is COc1ccc2c(c1)c1c(n2CCc2cccnc2)CCN(C)C1.Cl.Cl. The van der Waals surface area contributed by atoms with Gasteiger partial charge in [-0.1, -0.05) is 6.07 Å². The van der Waals surface area contributed by atoms with Gasteiger partial charge in [0.2, 0.25) is 0 Å². The number of halogens is 2. The van der Waals surface area contributed by atoms with Gasteiger partial charge in [-0.15, -0.1) is 24.8 Å². The molecule has 1 aliphatic rings. The maximum atomic E-state index is 5.45. The molecule has 26 heavy (non-hydrogen) atoms. The molecule has 3 aromatic rings. The Hall–Kier alpha value is -1.75. The number of rotatable bonds is 4. The van der Waals surface area contributed by atoms with Crippen molar-refractivity contribution in [2.75, 3.05) is 20.7 Å². The van der Waals surface area contributed by atoms with E-state index in [1.807, 2.05) is 18.5 Å². The van der Waals surface area contributed by atoms with E-state index in [4.69, 9.17) is 4.74 Å². The Morgan fingerprint density at radius 2 is 2.04 bits per heavy atom. The molecule has 0 bridgehead atoms. The molecule has 0 unspecified atom stereocenters. The molecule has 0 saturated carbocycles. The van der Waals surface area contributed by atoms with Crippen LogP contribution in [0, 0.1) is 0 Å². The van der Waals surface area contributed by atoms with E-state index in [-0.39, 0.29) is 24.8 Å². The second-order valence-electron chi connectivity index (χ2n) is 6.56. The van der Waals surface area contributed by atoms with Crippen molar-refractivity contribution in [2.45, 2.75) is 25.9 Å². The smallest absolute Gasteiger partial charge is 0.119 e. The van der Waals surface area contributed by atoms with Gasteiger partial charge in [-0.3, -0.25) is 4.98 Å². The Labute approximate surface area is 167 Å².